The predicted molar refractivity (Wildman–Crippen MR) is 334 cm³/mol. The molecule has 0 spiro atoms. The molecule has 0 saturated heterocycles. The monoisotopic (exact) mass is 1050 g/mol. The van der Waals surface area contributed by atoms with E-state index >= 15 is 0 Å². The van der Waals surface area contributed by atoms with Crippen LogP contribution in [0.5, 0.6) is 0 Å². The van der Waals surface area contributed by atoms with Gasteiger partial charge in [0, 0.05) is 12.8 Å². The molecule has 1 unspecified atom stereocenters. The first-order chi connectivity index (χ1) is 37.6. The molecule has 0 amide bonds. The summed E-state index contributed by atoms with van der Waals surface area (Å²) < 4.78 is 10.7. The Bertz CT molecular complexity index is 1470. The third-order valence-electron chi connectivity index (χ3n) is 14.1. The molecule has 436 valence electrons. The summed E-state index contributed by atoms with van der Waals surface area (Å²) in [6, 6.07) is 0. The number of hydrogen-bond acceptors (Lipinski definition) is 5. The summed E-state index contributed by atoms with van der Waals surface area (Å²) in [6.07, 6.45) is 95.2. The molecule has 0 aromatic carbocycles. The van der Waals surface area contributed by atoms with E-state index in [1.54, 1.807) is 0 Å². The second-order valence-corrected chi connectivity index (χ2v) is 21.5. The number of ether oxygens (including phenoxy) is 2. The lowest BCUT2D eigenvalue weighted by Crippen LogP contribution is -2.28. The molecule has 0 heterocycles. The molecule has 0 aliphatic heterocycles. The van der Waals surface area contributed by atoms with Crippen LogP contribution in [0.15, 0.2) is 109 Å². The molecule has 0 fully saturated rings. The fraction of sp³-hybridized carbons (Fsp3) is 0.718. The summed E-state index contributed by atoms with van der Waals surface area (Å²) in [6.45, 7) is 4.03. The Labute approximate surface area is 471 Å². The number of aliphatic hydroxyl groups excluding tert-OH is 1. The number of allylic oxidation sites excluding steroid dienone is 18. The fourth-order valence-corrected chi connectivity index (χ4v) is 9.22. The Morgan fingerprint density at radius 3 is 0.855 bits per heavy atom. The minimum atomic E-state index is -0.781. The number of unbranched alkanes of at least 4 members (excludes halogenated alkanes) is 33. The average Bonchev–Trinajstić information content (AvgIpc) is 3.42. The Balaban J connectivity index is 3.49. The highest BCUT2D eigenvalue weighted by Gasteiger charge is 2.16. The normalized spacial score (nSPS) is 12.9. The highest BCUT2D eigenvalue weighted by molar-refractivity contribution is 5.70. The predicted octanol–water partition coefficient (Wildman–Crippen LogP) is 22.4. The van der Waals surface area contributed by atoms with Gasteiger partial charge in [-0.2, -0.15) is 0 Å². The van der Waals surface area contributed by atoms with Crippen LogP contribution in [0.3, 0.4) is 0 Å². The molecular formula is C71H122O5. The summed E-state index contributed by atoms with van der Waals surface area (Å²) in [5.74, 6) is -0.590. The molecule has 0 saturated carbocycles. The lowest BCUT2D eigenvalue weighted by Gasteiger charge is -2.15. The number of aliphatic hydroxyl groups is 1. The summed E-state index contributed by atoms with van der Waals surface area (Å²) in [7, 11) is 0. The summed E-state index contributed by atoms with van der Waals surface area (Å²) in [4.78, 5) is 24.6. The van der Waals surface area contributed by atoms with Crippen LogP contribution >= 0.6 is 0 Å². The van der Waals surface area contributed by atoms with Gasteiger partial charge in [0.25, 0.3) is 0 Å². The van der Waals surface area contributed by atoms with Crippen molar-refractivity contribution in [3.05, 3.63) is 109 Å². The van der Waals surface area contributed by atoms with Gasteiger partial charge in [0.05, 0.1) is 6.61 Å². The lowest BCUT2D eigenvalue weighted by molar-refractivity contribution is -0.161. The van der Waals surface area contributed by atoms with Crippen LogP contribution in [0, 0.1) is 0 Å². The molecule has 0 bridgehead atoms. The van der Waals surface area contributed by atoms with Crippen molar-refractivity contribution in [3.8, 4) is 0 Å². The number of hydrogen-bond donors (Lipinski definition) is 1. The van der Waals surface area contributed by atoms with Gasteiger partial charge in [0.1, 0.15) is 6.61 Å². The molecule has 1 atom stereocenters. The van der Waals surface area contributed by atoms with Gasteiger partial charge in [-0.1, -0.05) is 303 Å². The lowest BCUT2D eigenvalue weighted by atomic mass is 10.0. The van der Waals surface area contributed by atoms with Gasteiger partial charge in [0.15, 0.2) is 6.10 Å². The van der Waals surface area contributed by atoms with Gasteiger partial charge in [-0.3, -0.25) is 9.59 Å². The first-order valence-corrected chi connectivity index (χ1v) is 32.4. The molecule has 0 radical (unpaired) electrons. The summed E-state index contributed by atoms with van der Waals surface area (Å²) in [5, 5.41) is 9.69. The van der Waals surface area contributed by atoms with Gasteiger partial charge >= 0.3 is 11.9 Å². The Kier molecular flexibility index (Phi) is 62.9. The Morgan fingerprint density at radius 2 is 0.566 bits per heavy atom. The van der Waals surface area contributed by atoms with Crippen LogP contribution in [0.4, 0.5) is 0 Å². The van der Waals surface area contributed by atoms with Crippen molar-refractivity contribution in [3.63, 3.8) is 0 Å². The molecule has 76 heavy (non-hydrogen) atoms. The molecule has 0 rings (SSSR count). The molecule has 5 heteroatoms. The molecule has 0 aromatic heterocycles. The minimum absolute atomic E-state index is 0.0703. The van der Waals surface area contributed by atoms with E-state index in [1.807, 2.05) is 0 Å². The maximum Gasteiger partial charge on any atom is 0.306 e. The third kappa shape index (κ3) is 63.1. The quantitative estimate of drug-likeness (QED) is 0.0373. The first kappa shape index (κ1) is 72.6. The molecular weight excluding hydrogens is 933 g/mol. The number of rotatable bonds is 59. The molecule has 1 N–H and O–H groups in total. The maximum absolute atomic E-state index is 12.3. The van der Waals surface area contributed by atoms with Crippen LogP contribution in [0.2, 0.25) is 0 Å². The minimum Gasteiger partial charge on any atom is -0.462 e. The second-order valence-electron chi connectivity index (χ2n) is 21.5. The molecule has 0 aromatic rings. The maximum atomic E-state index is 12.3. The largest absolute Gasteiger partial charge is 0.462 e. The Hall–Kier alpha value is -3.44. The van der Waals surface area contributed by atoms with Gasteiger partial charge in [-0.05, 0) is 103 Å². The van der Waals surface area contributed by atoms with Crippen LogP contribution in [0.25, 0.3) is 0 Å². The van der Waals surface area contributed by atoms with E-state index in [0.29, 0.717) is 12.8 Å². The molecule has 5 nitrogen and oxygen atoms in total. The van der Waals surface area contributed by atoms with E-state index in [9.17, 15) is 14.7 Å². The van der Waals surface area contributed by atoms with Gasteiger partial charge in [-0.15, -0.1) is 0 Å². The second kappa shape index (κ2) is 65.8. The van der Waals surface area contributed by atoms with Crippen molar-refractivity contribution >= 4 is 11.9 Å². The topological polar surface area (TPSA) is 72.8 Å². The number of carbonyl (C=O) groups is 2. The number of esters is 2. The molecule has 0 aliphatic rings. The van der Waals surface area contributed by atoms with Crippen molar-refractivity contribution in [2.45, 2.75) is 315 Å². The van der Waals surface area contributed by atoms with E-state index in [1.165, 1.54) is 193 Å². The standard InChI is InChI=1S/C71H122O5/c1-3-5-7-9-11-13-15-17-19-21-23-25-27-29-31-33-34-35-36-38-39-41-43-45-47-49-51-53-55-57-59-61-63-65-70(73)75-68-69(67-72)76-71(74)66-64-62-60-58-56-54-52-50-48-46-44-42-40-37-32-30-28-26-24-22-20-18-16-14-12-10-8-6-4-2/h6,8,12,14-15,17-18,20-21,23-24,26-27,29-30,32,40,42,69,72H,3-5,7,9-11,13,16,19,22,25,28,31,33-39,41,43-68H2,1-2H3/b8-6-,14-12-,17-15-,20-18-,23-21-,26-24-,29-27-,32-30-,42-40-. The average molecular weight is 1060 g/mol. The van der Waals surface area contributed by atoms with E-state index in [4.69, 9.17) is 9.47 Å². The van der Waals surface area contributed by atoms with Gasteiger partial charge in [0.2, 0.25) is 0 Å². The van der Waals surface area contributed by atoms with Gasteiger partial charge in [-0.25, -0.2) is 0 Å². The third-order valence-corrected chi connectivity index (χ3v) is 14.1. The van der Waals surface area contributed by atoms with Crippen molar-refractivity contribution in [2.75, 3.05) is 13.2 Å². The Morgan fingerprint density at radius 1 is 0.316 bits per heavy atom. The zero-order valence-corrected chi connectivity index (χ0v) is 50.0. The van der Waals surface area contributed by atoms with Crippen LogP contribution in [-0.2, 0) is 19.1 Å². The zero-order chi connectivity index (χ0) is 54.8. The highest BCUT2D eigenvalue weighted by Crippen LogP contribution is 2.17. The van der Waals surface area contributed by atoms with Gasteiger partial charge < -0.3 is 14.6 Å². The van der Waals surface area contributed by atoms with Crippen molar-refractivity contribution in [1.29, 1.82) is 0 Å². The summed E-state index contributed by atoms with van der Waals surface area (Å²) in [5.41, 5.74) is 0. The van der Waals surface area contributed by atoms with E-state index in [0.717, 1.165) is 89.9 Å². The first-order valence-electron chi connectivity index (χ1n) is 32.4. The van der Waals surface area contributed by atoms with Crippen molar-refractivity contribution < 1.29 is 24.2 Å². The zero-order valence-electron chi connectivity index (χ0n) is 50.0. The summed E-state index contributed by atoms with van der Waals surface area (Å²) >= 11 is 0. The van der Waals surface area contributed by atoms with Crippen LogP contribution < -0.4 is 0 Å². The van der Waals surface area contributed by atoms with Crippen molar-refractivity contribution in [2.24, 2.45) is 0 Å². The van der Waals surface area contributed by atoms with Crippen LogP contribution in [-0.4, -0.2) is 36.4 Å². The fourth-order valence-electron chi connectivity index (χ4n) is 9.22. The van der Waals surface area contributed by atoms with E-state index in [2.05, 4.69) is 123 Å². The van der Waals surface area contributed by atoms with Crippen molar-refractivity contribution in [1.82, 2.24) is 0 Å². The van der Waals surface area contributed by atoms with E-state index < -0.39 is 6.10 Å². The smallest absolute Gasteiger partial charge is 0.306 e. The molecule has 0 aliphatic carbocycles. The highest BCUT2D eigenvalue weighted by atomic mass is 16.6. The van der Waals surface area contributed by atoms with Crippen LogP contribution in [0.1, 0.15) is 309 Å². The van der Waals surface area contributed by atoms with E-state index in [-0.39, 0.29) is 25.2 Å². The SMILES string of the molecule is CC/C=C\C/C=C\C/C=C\C/C=C\C/C=C\C/C=C\CCCCCCCCCCCCC(=O)OC(CO)COC(=O)CCCCCCCCCCCCCCCCCCCC/C=C\C/C=C\C/C=C\CCCCCCC. The number of carbonyl (C=O) groups excluding carboxylic acids is 2.